The average Bonchev–Trinajstić information content (AvgIpc) is 2.68. The van der Waals surface area contributed by atoms with Gasteiger partial charge >= 0.3 is 0 Å². The Morgan fingerprint density at radius 2 is 1.50 bits per heavy atom. The summed E-state index contributed by atoms with van der Waals surface area (Å²) in [6.07, 6.45) is 3.70. The molecule has 0 saturated carbocycles. The molecule has 0 fully saturated rings. The van der Waals surface area contributed by atoms with E-state index in [4.69, 9.17) is 0 Å². The lowest BCUT2D eigenvalue weighted by Gasteiger charge is -2.26. The third kappa shape index (κ3) is 3.71. The lowest BCUT2D eigenvalue weighted by Crippen LogP contribution is -2.16. The van der Waals surface area contributed by atoms with Crippen LogP contribution >= 0.6 is 0 Å². The molecule has 3 heteroatoms. The monoisotopic (exact) mass is 380 g/mol. The molecule has 0 N–H and O–H groups in total. The molecule has 0 spiro atoms. The molecule has 0 aromatic heterocycles. The summed E-state index contributed by atoms with van der Waals surface area (Å²) in [4.78, 5) is 0. The molecular weight excluding hydrogens is 357 g/mol. The van der Waals surface area contributed by atoms with Gasteiger partial charge in [-0.25, -0.2) is 13.2 Å². The van der Waals surface area contributed by atoms with Crippen LogP contribution in [0.5, 0.6) is 0 Å². The Morgan fingerprint density at radius 1 is 0.821 bits per heavy atom. The van der Waals surface area contributed by atoms with Crippen molar-refractivity contribution in [2.75, 3.05) is 0 Å². The number of rotatable bonds is 4. The molecule has 1 aliphatic rings. The highest BCUT2D eigenvalue weighted by Crippen LogP contribution is 2.37. The van der Waals surface area contributed by atoms with Gasteiger partial charge in [0.25, 0.3) is 0 Å². The normalized spacial score (nSPS) is 16.1. The van der Waals surface area contributed by atoms with E-state index >= 15 is 0 Å². The predicted octanol–water partition coefficient (Wildman–Crippen LogP) is 7.00. The fourth-order valence-corrected chi connectivity index (χ4v) is 4.28. The first kappa shape index (κ1) is 18.8. The molecule has 0 aliphatic heterocycles. The van der Waals surface area contributed by atoms with E-state index in [1.54, 1.807) is 12.1 Å². The van der Waals surface area contributed by atoms with Crippen LogP contribution in [0.4, 0.5) is 13.2 Å². The Labute approximate surface area is 164 Å². The molecule has 1 unspecified atom stereocenters. The third-order valence-electron chi connectivity index (χ3n) is 5.70. The first-order valence-electron chi connectivity index (χ1n) is 9.90. The Morgan fingerprint density at radius 3 is 2.18 bits per heavy atom. The molecule has 0 amide bonds. The van der Waals surface area contributed by atoms with Crippen LogP contribution in [0, 0.1) is 17.5 Å². The summed E-state index contributed by atoms with van der Waals surface area (Å²) in [6.45, 7) is 2.00. The largest absolute Gasteiger partial charge is 0.207 e. The highest BCUT2D eigenvalue weighted by Gasteiger charge is 2.26. The second-order valence-corrected chi connectivity index (χ2v) is 7.65. The van der Waals surface area contributed by atoms with Crippen molar-refractivity contribution in [1.82, 2.24) is 0 Å². The van der Waals surface area contributed by atoms with Gasteiger partial charge in [-0.2, -0.15) is 0 Å². The summed E-state index contributed by atoms with van der Waals surface area (Å²) in [6, 6.07) is 15.6. The van der Waals surface area contributed by atoms with Crippen LogP contribution in [0.2, 0.25) is 0 Å². The van der Waals surface area contributed by atoms with Crippen molar-refractivity contribution < 1.29 is 13.2 Å². The topological polar surface area (TPSA) is 0 Å². The number of fused-ring (bicyclic) bond motifs is 1. The summed E-state index contributed by atoms with van der Waals surface area (Å²) in [5, 5.41) is 0. The number of aryl methyl sites for hydroxylation is 2. The van der Waals surface area contributed by atoms with Crippen LogP contribution in [0.15, 0.2) is 54.6 Å². The maximum Gasteiger partial charge on any atom is 0.129 e. The number of halogens is 3. The summed E-state index contributed by atoms with van der Waals surface area (Å²) in [5.41, 5.74) is 5.31. The molecule has 3 aromatic rings. The summed E-state index contributed by atoms with van der Waals surface area (Å²) < 4.78 is 42.4. The standard InChI is InChI=1S/C25H23F3/c1-2-3-16-12-23(27)25(24(28)13-16)21-7-6-19-14-18(4-5-20(19)15-21)17-8-10-22(26)11-9-17/h4-5,8-14,21H,2-3,6-7,15H2,1H3. The van der Waals surface area contributed by atoms with Gasteiger partial charge in [0.1, 0.15) is 17.5 Å². The molecule has 4 rings (SSSR count). The summed E-state index contributed by atoms with van der Waals surface area (Å²) in [5.74, 6) is -1.22. The van der Waals surface area contributed by atoms with Gasteiger partial charge in [-0.1, -0.05) is 43.7 Å². The van der Waals surface area contributed by atoms with Gasteiger partial charge in [-0.15, -0.1) is 0 Å². The zero-order valence-corrected chi connectivity index (χ0v) is 15.9. The zero-order chi connectivity index (χ0) is 19.7. The molecule has 0 bridgehead atoms. The van der Waals surface area contributed by atoms with Crippen molar-refractivity contribution in [2.45, 2.75) is 44.9 Å². The predicted molar refractivity (Wildman–Crippen MR) is 107 cm³/mol. The van der Waals surface area contributed by atoms with E-state index in [0.717, 1.165) is 41.5 Å². The second-order valence-electron chi connectivity index (χ2n) is 7.65. The van der Waals surface area contributed by atoms with Crippen LogP contribution < -0.4 is 0 Å². The van der Waals surface area contributed by atoms with E-state index in [9.17, 15) is 13.2 Å². The van der Waals surface area contributed by atoms with Crippen molar-refractivity contribution in [1.29, 1.82) is 0 Å². The van der Waals surface area contributed by atoms with Gasteiger partial charge < -0.3 is 0 Å². The van der Waals surface area contributed by atoms with Crippen molar-refractivity contribution in [3.63, 3.8) is 0 Å². The van der Waals surface area contributed by atoms with Crippen molar-refractivity contribution in [3.8, 4) is 11.1 Å². The van der Waals surface area contributed by atoms with E-state index in [1.807, 2.05) is 19.1 Å². The zero-order valence-electron chi connectivity index (χ0n) is 15.9. The van der Waals surface area contributed by atoms with E-state index in [0.29, 0.717) is 12.8 Å². The maximum absolute atomic E-state index is 14.6. The maximum atomic E-state index is 14.6. The Kier molecular flexibility index (Phi) is 5.25. The molecule has 3 aromatic carbocycles. The first-order chi connectivity index (χ1) is 13.5. The van der Waals surface area contributed by atoms with Gasteiger partial charge in [0.2, 0.25) is 0 Å². The van der Waals surface area contributed by atoms with Gasteiger partial charge in [0, 0.05) is 5.56 Å². The molecule has 1 atom stereocenters. The Bertz CT molecular complexity index is 966. The van der Waals surface area contributed by atoms with E-state index in [-0.39, 0.29) is 17.3 Å². The van der Waals surface area contributed by atoms with Gasteiger partial charge in [0.15, 0.2) is 0 Å². The van der Waals surface area contributed by atoms with Crippen molar-refractivity contribution in [2.24, 2.45) is 0 Å². The minimum absolute atomic E-state index is 0.139. The van der Waals surface area contributed by atoms with Gasteiger partial charge in [-0.3, -0.25) is 0 Å². The lowest BCUT2D eigenvalue weighted by molar-refractivity contribution is 0.489. The van der Waals surface area contributed by atoms with Gasteiger partial charge in [-0.05, 0) is 83.7 Å². The van der Waals surface area contributed by atoms with Crippen LogP contribution in [0.25, 0.3) is 11.1 Å². The molecule has 0 radical (unpaired) electrons. The molecule has 1 aliphatic carbocycles. The molecule has 144 valence electrons. The van der Waals surface area contributed by atoms with E-state index in [2.05, 4.69) is 6.07 Å². The molecular formula is C25H23F3. The fourth-order valence-electron chi connectivity index (χ4n) is 4.28. The number of benzene rings is 3. The quantitative estimate of drug-likeness (QED) is 0.457. The summed E-state index contributed by atoms with van der Waals surface area (Å²) >= 11 is 0. The lowest BCUT2D eigenvalue weighted by atomic mass is 9.78. The van der Waals surface area contributed by atoms with Crippen molar-refractivity contribution in [3.05, 3.63) is 94.3 Å². The highest BCUT2D eigenvalue weighted by atomic mass is 19.1. The van der Waals surface area contributed by atoms with E-state index in [1.165, 1.54) is 29.8 Å². The minimum Gasteiger partial charge on any atom is -0.207 e. The first-order valence-corrected chi connectivity index (χ1v) is 9.90. The van der Waals surface area contributed by atoms with Gasteiger partial charge in [0.05, 0.1) is 0 Å². The van der Waals surface area contributed by atoms with Crippen molar-refractivity contribution >= 4 is 0 Å². The molecule has 0 saturated heterocycles. The number of hydrogen-bond donors (Lipinski definition) is 0. The molecule has 28 heavy (non-hydrogen) atoms. The third-order valence-corrected chi connectivity index (χ3v) is 5.70. The minimum atomic E-state index is -0.417. The molecule has 0 nitrogen and oxygen atoms in total. The second kappa shape index (κ2) is 7.83. The summed E-state index contributed by atoms with van der Waals surface area (Å²) in [7, 11) is 0. The van der Waals surface area contributed by atoms with Crippen LogP contribution in [0.1, 0.15) is 47.9 Å². The SMILES string of the molecule is CCCc1cc(F)c(C2CCc3cc(-c4ccc(F)cc4)ccc3C2)c(F)c1. The Hall–Kier alpha value is -2.55. The van der Waals surface area contributed by atoms with Crippen LogP contribution in [0.3, 0.4) is 0 Å². The average molecular weight is 380 g/mol. The Balaban J connectivity index is 1.60. The fraction of sp³-hybridized carbons (Fsp3) is 0.280. The smallest absolute Gasteiger partial charge is 0.129 e. The van der Waals surface area contributed by atoms with Crippen LogP contribution in [-0.4, -0.2) is 0 Å². The van der Waals surface area contributed by atoms with E-state index < -0.39 is 11.6 Å². The molecule has 0 heterocycles. The number of hydrogen-bond acceptors (Lipinski definition) is 0. The highest BCUT2D eigenvalue weighted by molar-refractivity contribution is 5.65. The van der Waals surface area contributed by atoms with Crippen LogP contribution in [-0.2, 0) is 19.3 Å².